The number of carbonyl (C=O) groups excluding carboxylic acids is 3. The number of aryl methyl sites for hydroxylation is 1. The van der Waals surface area contributed by atoms with Crippen LogP contribution in [0.2, 0.25) is 0 Å². The molecule has 1 aliphatic carbocycles. The summed E-state index contributed by atoms with van der Waals surface area (Å²) in [7, 11) is 3.68. The van der Waals surface area contributed by atoms with Crippen LogP contribution in [0.1, 0.15) is 46.3 Å². The Hall–Kier alpha value is -5.66. The molecule has 13 nitrogen and oxygen atoms in total. The van der Waals surface area contributed by atoms with Gasteiger partial charge in [0.25, 0.3) is 11.8 Å². The van der Waals surface area contributed by atoms with Crippen LogP contribution in [-0.4, -0.2) is 86.8 Å². The number of H-pyrrole nitrogens is 1. The summed E-state index contributed by atoms with van der Waals surface area (Å²) in [5.74, 6) is -0.302. The smallest absolute Gasteiger partial charge is 0.326 e. The molecule has 0 radical (unpaired) electrons. The van der Waals surface area contributed by atoms with Crippen LogP contribution in [0.4, 0.5) is 15.9 Å². The summed E-state index contributed by atoms with van der Waals surface area (Å²) < 4.78 is 21.0. The summed E-state index contributed by atoms with van der Waals surface area (Å²) in [6.07, 6.45) is 4.83. The third kappa shape index (κ3) is 4.69. The van der Waals surface area contributed by atoms with Gasteiger partial charge in [0.15, 0.2) is 5.75 Å². The van der Waals surface area contributed by atoms with Crippen molar-refractivity contribution in [1.29, 1.82) is 0 Å². The van der Waals surface area contributed by atoms with E-state index in [9.17, 15) is 14.4 Å². The number of nitrogens with zero attached hydrogens (tertiary/aromatic N) is 7. The standard InChI is InChI=1S/C34H32FN9O4/c1-17(44-31(46)21-7-5-6-8-22(21)32(44)47)30(45)38-25-15-43(16-34(25)9-10-34)29-26-23-11-19(35)12-24(42(3)4)27(23)39-28(26)40-33(41-29)48-20-13-36-18(2)37-14-20/h5-8,11-14,17,25H,9-10,15-16H2,1-4H3,(H,38,45)(H,39,40,41). The summed E-state index contributed by atoms with van der Waals surface area (Å²) in [6.45, 7) is 4.30. The molecule has 2 aliphatic heterocycles. The quantitative estimate of drug-likeness (QED) is 0.248. The first-order valence-corrected chi connectivity index (χ1v) is 15.7. The molecule has 48 heavy (non-hydrogen) atoms. The van der Waals surface area contributed by atoms with Gasteiger partial charge in [-0.3, -0.25) is 19.3 Å². The lowest BCUT2D eigenvalue weighted by atomic mass is 10.0. The lowest BCUT2D eigenvalue weighted by Crippen LogP contribution is -2.52. The maximum Gasteiger partial charge on any atom is 0.326 e. The van der Waals surface area contributed by atoms with Crippen LogP contribution in [0, 0.1) is 18.2 Å². The minimum Gasteiger partial charge on any atom is -0.421 e. The molecule has 14 heteroatoms. The Bertz CT molecular complexity index is 2130. The molecule has 5 heterocycles. The number of fused-ring (bicyclic) bond motifs is 4. The fourth-order valence-corrected chi connectivity index (χ4v) is 6.94. The van der Waals surface area contributed by atoms with Crippen LogP contribution in [0.5, 0.6) is 11.8 Å². The third-order valence-corrected chi connectivity index (χ3v) is 9.66. The molecule has 0 bridgehead atoms. The maximum atomic E-state index is 15.0. The average molecular weight is 650 g/mol. The highest BCUT2D eigenvalue weighted by Crippen LogP contribution is 2.54. The van der Waals surface area contributed by atoms with Crippen molar-refractivity contribution < 1.29 is 23.5 Å². The Balaban J connectivity index is 1.14. The van der Waals surface area contributed by atoms with Crippen LogP contribution in [0.3, 0.4) is 0 Å². The summed E-state index contributed by atoms with van der Waals surface area (Å²) >= 11 is 0. The van der Waals surface area contributed by atoms with Crippen molar-refractivity contribution in [3.63, 3.8) is 0 Å². The normalized spacial score (nSPS) is 18.6. The van der Waals surface area contributed by atoms with Gasteiger partial charge in [-0.2, -0.15) is 9.97 Å². The lowest BCUT2D eigenvalue weighted by Gasteiger charge is -2.25. The van der Waals surface area contributed by atoms with E-state index in [1.165, 1.54) is 24.5 Å². The number of ether oxygens (including phenoxy) is 1. The van der Waals surface area contributed by atoms with Crippen molar-refractivity contribution in [3.05, 3.63) is 71.6 Å². The van der Waals surface area contributed by atoms with Gasteiger partial charge in [0.2, 0.25) is 5.91 Å². The van der Waals surface area contributed by atoms with Crippen molar-refractivity contribution in [2.45, 2.75) is 38.8 Å². The molecule has 2 unspecified atom stereocenters. The number of amides is 3. The van der Waals surface area contributed by atoms with Crippen molar-refractivity contribution >= 4 is 51.2 Å². The molecule has 3 aromatic heterocycles. The number of nitrogens with one attached hydrogen (secondary N) is 2. The molecule has 5 aromatic rings. The number of rotatable bonds is 7. The molecule has 3 amide bonds. The highest BCUT2D eigenvalue weighted by molar-refractivity contribution is 6.22. The van der Waals surface area contributed by atoms with E-state index in [4.69, 9.17) is 9.72 Å². The minimum absolute atomic E-state index is 0.0555. The second-order valence-electron chi connectivity index (χ2n) is 13.0. The summed E-state index contributed by atoms with van der Waals surface area (Å²) in [4.78, 5) is 66.0. The van der Waals surface area contributed by atoms with E-state index in [0.29, 0.717) is 69.2 Å². The largest absolute Gasteiger partial charge is 0.421 e. The number of anilines is 2. The second kappa shape index (κ2) is 10.7. The van der Waals surface area contributed by atoms with Gasteiger partial charge in [0.05, 0.1) is 46.2 Å². The van der Waals surface area contributed by atoms with Crippen LogP contribution in [-0.2, 0) is 4.79 Å². The molecule has 2 aromatic carbocycles. The summed E-state index contributed by atoms with van der Waals surface area (Å²) in [5, 5.41) is 4.40. The molecule has 8 rings (SSSR count). The van der Waals surface area contributed by atoms with Gasteiger partial charge in [0.1, 0.15) is 29.1 Å². The molecule has 2 atom stereocenters. The van der Waals surface area contributed by atoms with Crippen molar-refractivity contribution in [2.75, 3.05) is 37.0 Å². The predicted molar refractivity (Wildman–Crippen MR) is 175 cm³/mol. The van der Waals surface area contributed by atoms with Crippen LogP contribution in [0.25, 0.3) is 21.9 Å². The molecule has 2 fully saturated rings. The molecular weight excluding hydrogens is 617 g/mol. The zero-order chi connectivity index (χ0) is 33.5. The summed E-state index contributed by atoms with van der Waals surface area (Å²) in [5.41, 5.74) is 2.17. The Morgan fingerprint density at radius 3 is 2.44 bits per heavy atom. The van der Waals surface area contributed by atoms with E-state index >= 15 is 4.39 Å². The van der Waals surface area contributed by atoms with Crippen molar-refractivity contribution in [3.8, 4) is 11.8 Å². The fraction of sp³-hybridized carbons (Fsp3) is 0.324. The number of carbonyl (C=O) groups is 3. The fourth-order valence-electron chi connectivity index (χ4n) is 6.94. The zero-order valence-corrected chi connectivity index (χ0v) is 26.7. The number of hydrogen-bond donors (Lipinski definition) is 2. The van der Waals surface area contributed by atoms with E-state index < -0.39 is 29.6 Å². The van der Waals surface area contributed by atoms with Crippen molar-refractivity contribution in [1.82, 2.24) is 35.1 Å². The van der Waals surface area contributed by atoms with Gasteiger partial charge >= 0.3 is 6.01 Å². The Morgan fingerprint density at radius 1 is 1.10 bits per heavy atom. The van der Waals surface area contributed by atoms with E-state index in [-0.39, 0.29) is 17.5 Å². The van der Waals surface area contributed by atoms with Gasteiger partial charge in [-0.15, -0.1) is 0 Å². The van der Waals surface area contributed by atoms with Gasteiger partial charge in [0, 0.05) is 38.0 Å². The molecule has 2 N–H and O–H groups in total. The Morgan fingerprint density at radius 2 is 1.79 bits per heavy atom. The van der Waals surface area contributed by atoms with Gasteiger partial charge < -0.3 is 24.8 Å². The zero-order valence-electron chi connectivity index (χ0n) is 26.7. The molecular formula is C34H32FN9O4. The van der Waals surface area contributed by atoms with E-state index in [2.05, 4.69) is 30.2 Å². The topological polar surface area (TPSA) is 150 Å². The number of benzene rings is 2. The van der Waals surface area contributed by atoms with Crippen LogP contribution in [0.15, 0.2) is 48.8 Å². The van der Waals surface area contributed by atoms with E-state index in [1.807, 2.05) is 19.0 Å². The number of halogens is 1. The monoisotopic (exact) mass is 649 g/mol. The molecule has 3 aliphatic rings. The number of aromatic amines is 1. The summed E-state index contributed by atoms with van der Waals surface area (Å²) in [6, 6.07) is 8.27. The average Bonchev–Trinajstić information content (AvgIpc) is 3.53. The first-order chi connectivity index (χ1) is 23.0. The van der Waals surface area contributed by atoms with Gasteiger partial charge in [-0.05, 0) is 51.0 Å². The molecule has 1 spiro atoms. The maximum absolute atomic E-state index is 15.0. The molecule has 244 valence electrons. The Labute approximate surface area is 274 Å². The molecule has 1 saturated carbocycles. The second-order valence-corrected chi connectivity index (χ2v) is 13.0. The minimum atomic E-state index is -1.01. The van der Waals surface area contributed by atoms with E-state index in [1.54, 1.807) is 38.1 Å². The highest BCUT2D eigenvalue weighted by Gasteiger charge is 2.56. The van der Waals surface area contributed by atoms with Crippen LogP contribution >= 0.6 is 0 Å². The lowest BCUT2D eigenvalue weighted by molar-refractivity contribution is -0.125. The first-order valence-electron chi connectivity index (χ1n) is 15.7. The van der Waals surface area contributed by atoms with Crippen molar-refractivity contribution in [2.24, 2.45) is 5.41 Å². The van der Waals surface area contributed by atoms with Gasteiger partial charge in [-0.25, -0.2) is 14.4 Å². The molecule has 1 saturated heterocycles. The SMILES string of the molecule is Cc1ncc(Oc2nc(N3CC(NC(=O)C(C)N4C(=O)c5ccccc5C4=O)C4(CC4)C3)c3c(n2)[nH]c2c(N(C)C)cc(F)cc23)cn1. The first kappa shape index (κ1) is 29.7. The van der Waals surface area contributed by atoms with Gasteiger partial charge in [-0.1, -0.05) is 12.1 Å². The third-order valence-electron chi connectivity index (χ3n) is 9.66. The predicted octanol–water partition coefficient (Wildman–Crippen LogP) is 3.98. The van der Waals surface area contributed by atoms with Crippen LogP contribution < -0.4 is 19.9 Å². The number of imide groups is 1. The Kier molecular flexibility index (Phi) is 6.62. The van der Waals surface area contributed by atoms with E-state index in [0.717, 1.165) is 17.7 Å². The highest BCUT2D eigenvalue weighted by atomic mass is 19.1. The number of hydrogen-bond acceptors (Lipinski definition) is 10. The number of aromatic nitrogens is 5.